The Labute approximate surface area is 221 Å². The van der Waals surface area contributed by atoms with Gasteiger partial charge in [-0.1, -0.05) is 60.7 Å². The second-order valence-corrected chi connectivity index (χ2v) is 8.84. The Morgan fingerprint density at radius 2 is 1.71 bits per heavy atom. The number of carbonyl (C=O) groups is 2. The van der Waals surface area contributed by atoms with Crippen molar-refractivity contribution in [1.29, 1.82) is 0 Å². The van der Waals surface area contributed by atoms with Gasteiger partial charge in [0.05, 0.1) is 11.6 Å². The fraction of sp³-hybridized carbons (Fsp3) is 0.267. The van der Waals surface area contributed by atoms with Crippen molar-refractivity contribution < 1.29 is 28.6 Å². The molecule has 0 aromatic heterocycles. The number of nitrogens with one attached hydrogen (secondary N) is 1. The molecule has 0 spiro atoms. The molecule has 8 heteroatoms. The van der Waals surface area contributed by atoms with Crippen molar-refractivity contribution in [2.45, 2.75) is 32.5 Å². The predicted octanol–water partition coefficient (Wildman–Crippen LogP) is 4.84. The van der Waals surface area contributed by atoms with Gasteiger partial charge >= 0.3 is 0 Å². The van der Waals surface area contributed by atoms with Crippen LogP contribution in [0.2, 0.25) is 0 Å². The fourth-order valence-corrected chi connectivity index (χ4v) is 4.37. The molecule has 2 amide bonds. The average Bonchev–Trinajstić information content (AvgIpc) is 3.19. The van der Waals surface area contributed by atoms with Crippen molar-refractivity contribution in [2.24, 2.45) is 0 Å². The van der Waals surface area contributed by atoms with Crippen LogP contribution in [0, 0.1) is 5.82 Å². The number of rotatable bonds is 12. The van der Waals surface area contributed by atoms with Crippen LogP contribution in [0.3, 0.4) is 0 Å². The van der Waals surface area contributed by atoms with Gasteiger partial charge in [-0.05, 0) is 42.7 Å². The van der Waals surface area contributed by atoms with E-state index in [4.69, 9.17) is 9.47 Å². The molecule has 0 aliphatic carbocycles. The molecule has 7 nitrogen and oxygen atoms in total. The number of carbonyl (C=O) groups excluding carboxylic acids is 2. The van der Waals surface area contributed by atoms with E-state index < -0.39 is 23.6 Å². The highest BCUT2D eigenvalue weighted by molar-refractivity contribution is 6.08. The Balaban J connectivity index is 1.62. The second-order valence-electron chi connectivity index (χ2n) is 8.84. The first-order valence-corrected chi connectivity index (χ1v) is 12.6. The molecule has 1 heterocycles. The fourth-order valence-electron chi connectivity index (χ4n) is 4.37. The number of hydrogen-bond donors (Lipinski definition) is 2. The Hall–Kier alpha value is -4.17. The van der Waals surface area contributed by atoms with Gasteiger partial charge in [0.2, 0.25) is 0 Å². The van der Waals surface area contributed by atoms with Crippen LogP contribution in [-0.4, -0.2) is 41.6 Å². The maximum atomic E-state index is 13.4. The number of aliphatic hydroxyl groups excluding tert-OH is 1. The zero-order valence-electron chi connectivity index (χ0n) is 21.2. The molecule has 3 aromatic carbocycles. The maximum absolute atomic E-state index is 13.4. The van der Waals surface area contributed by atoms with Crippen molar-refractivity contribution in [3.8, 4) is 5.75 Å². The second kappa shape index (κ2) is 12.9. The van der Waals surface area contributed by atoms with Crippen molar-refractivity contribution >= 4 is 11.8 Å². The van der Waals surface area contributed by atoms with Crippen LogP contribution in [-0.2, 0) is 27.5 Å². The first kappa shape index (κ1) is 26.9. The molecule has 0 saturated carbocycles. The number of nitrogens with zero attached hydrogens (tertiary/aromatic N) is 1. The summed E-state index contributed by atoms with van der Waals surface area (Å²) in [7, 11) is 0. The molecule has 1 aliphatic heterocycles. The minimum Gasteiger partial charge on any atom is -0.503 e. The van der Waals surface area contributed by atoms with Crippen LogP contribution < -0.4 is 10.1 Å². The predicted molar refractivity (Wildman–Crippen MR) is 141 cm³/mol. The van der Waals surface area contributed by atoms with Crippen molar-refractivity contribution in [2.75, 3.05) is 19.8 Å². The van der Waals surface area contributed by atoms with E-state index in [0.29, 0.717) is 43.1 Å². The summed E-state index contributed by atoms with van der Waals surface area (Å²) in [5, 5.41) is 13.6. The average molecular weight is 519 g/mol. The van der Waals surface area contributed by atoms with Gasteiger partial charge in [0.15, 0.2) is 5.76 Å². The molecule has 3 aromatic rings. The lowest BCUT2D eigenvalue weighted by Crippen LogP contribution is -2.34. The molecule has 2 N–H and O–H groups in total. The van der Waals surface area contributed by atoms with Gasteiger partial charge in [-0.2, -0.15) is 0 Å². The van der Waals surface area contributed by atoms with Gasteiger partial charge in [-0.3, -0.25) is 9.59 Å². The van der Waals surface area contributed by atoms with Crippen LogP contribution in [0.5, 0.6) is 5.75 Å². The summed E-state index contributed by atoms with van der Waals surface area (Å²) in [6.07, 6.45) is 0.529. The summed E-state index contributed by atoms with van der Waals surface area (Å²) < 4.78 is 24.8. The maximum Gasteiger partial charge on any atom is 0.290 e. The van der Waals surface area contributed by atoms with E-state index in [0.717, 1.165) is 5.56 Å². The molecule has 1 atom stereocenters. The Bertz CT molecular complexity index is 1280. The molecule has 0 bridgehead atoms. The summed E-state index contributed by atoms with van der Waals surface area (Å²) in [4.78, 5) is 28.1. The topological polar surface area (TPSA) is 88.1 Å². The van der Waals surface area contributed by atoms with Crippen LogP contribution >= 0.6 is 0 Å². The van der Waals surface area contributed by atoms with Gasteiger partial charge in [-0.15, -0.1) is 0 Å². The highest BCUT2D eigenvalue weighted by Crippen LogP contribution is 2.41. The van der Waals surface area contributed by atoms with Crippen LogP contribution in [0.1, 0.15) is 36.1 Å². The lowest BCUT2D eigenvalue weighted by molar-refractivity contribution is -0.129. The number of para-hydroxylation sites is 1. The van der Waals surface area contributed by atoms with E-state index in [1.165, 1.54) is 17.0 Å². The Morgan fingerprint density at radius 3 is 2.45 bits per heavy atom. The SMILES string of the molecule is CCOCCCN1C(=O)C(O)=C(C(=O)NCc2ccc(F)cc2)C1c1ccccc1OCc1ccccc1. The van der Waals surface area contributed by atoms with E-state index in [1.54, 1.807) is 30.3 Å². The van der Waals surface area contributed by atoms with Crippen LogP contribution in [0.4, 0.5) is 4.39 Å². The third-order valence-corrected chi connectivity index (χ3v) is 6.26. The number of amides is 2. The largest absolute Gasteiger partial charge is 0.503 e. The molecular formula is C30H31FN2O5. The third-order valence-electron chi connectivity index (χ3n) is 6.26. The van der Waals surface area contributed by atoms with Gasteiger partial charge in [-0.25, -0.2) is 4.39 Å². The summed E-state index contributed by atoms with van der Waals surface area (Å²) >= 11 is 0. The Morgan fingerprint density at radius 1 is 1.00 bits per heavy atom. The van der Waals surface area contributed by atoms with E-state index in [2.05, 4.69) is 5.32 Å². The van der Waals surface area contributed by atoms with Crippen molar-refractivity contribution in [3.63, 3.8) is 0 Å². The molecule has 1 aliphatic rings. The zero-order chi connectivity index (χ0) is 26.9. The highest BCUT2D eigenvalue weighted by Gasteiger charge is 2.44. The highest BCUT2D eigenvalue weighted by atomic mass is 19.1. The smallest absolute Gasteiger partial charge is 0.290 e. The molecule has 4 rings (SSSR count). The minimum atomic E-state index is -0.857. The molecule has 1 unspecified atom stereocenters. The third kappa shape index (κ3) is 6.39. The van der Waals surface area contributed by atoms with Gasteiger partial charge in [0, 0.05) is 31.9 Å². The van der Waals surface area contributed by atoms with E-state index >= 15 is 0 Å². The normalized spacial score (nSPS) is 15.2. The van der Waals surface area contributed by atoms with Crippen molar-refractivity contribution in [3.05, 3.63) is 113 Å². The molecule has 0 fully saturated rings. The quantitative estimate of drug-likeness (QED) is 0.335. The Kier molecular flexibility index (Phi) is 9.11. The summed E-state index contributed by atoms with van der Waals surface area (Å²) in [6.45, 7) is 3.55. The lowest BCUT2D eigenvalue weighted by Gasteiger charge is -2.28. The van der Waals surface area contributed by atoms with Crippen molar-refractivity contribution in [1.82, 2.24) is 10.2 Å². The zero-order valence-corrected chi connectivity index (χ0v) is 21.2. The van der Waals surface area contributed by atoms with E-state index in [9.17, 15) is 19.1 Å². The number of benzene rings is 3. The van der Waals surface area contributed by atoms with Crippen LogP contribution in [0.15, 0.2) is 90.2 Å². The van der Waals surface area contributed by atoms with Gasteiger partial charge in [0.25, 0.3) is 11.8 Å². The first-order chi connectivity index (χ1) is 18.5. The molecule has 0 saturated heterocycles. The lowest BCUT2D eigenvalue weighted by atomic mass is 9.97. The molecule has 38 heavy (non-hydrogen) atoms. The van der Waals surface area contributed by atoms with E-state index in [-0.39, 0.29) is 24.5 Å². The molecular weight excluding hydrogens is 487 g/mol. The number of halogens is 1. The molecule has 198 valence electrons. The number of aliphatic hydroxyl groups is 1. The summed E-state index contributed by atoms with van der Waals surface area (Å²) in [6, 6.07) is 21.7. The monoisotopic (exact) mass is 518 g/mol. The number of ether oxygens (including phenoxy) is 2. The van der Waals surface area contributed by atoms with Gasteiger partial charge in [0.1, 0.15) is 18.2 Å². The first-order valence-electron chi connectivity index (χ1n) is 12.6. The standard InChI is InChI=1S/C30H31FN2O5/c1-2-37-18-8-17-33-27(24-11-6-7-12-25(24)38-20-22-9-4-3-5-10-22)26(28(34)30(33)36)29(35)32-19-21-13-15-23(31)16-14-21/h3-7,9-16,27,34H,2,8,17-20H2,1H3,(H,32,35). The minimum absolute atomic E-state index is 0.0516. The molecule has 0 radical (unpaired) electrons. The van der Waals surface area contributed by atoms with Gasteiger partial charge < -0.3 is 24.8 Å². The summed E-state index contributed by atoms with van der Waals surface area (Å²) in [5.41, 5.74) is 2.18. The number of hydrogen-bond acceptors (Lipinski definition) is 5. The summed E-state index contributed by atoms with van der Waals surface area (Å²) in [5.74, 6) is -1.69. The van der Waals surface area contributed by atoms with Crippen LogP contribution in [0.25, 0.3) is 0 Å². The van der Waals surface area contributed by atoms with E-state index in [1.807, 2.05) is 43.3 Å².